The third-order valence-corrected chi connectivity index (χ3v) is 4.29. The van der Waals surface area contributed by atoms with Gasteiger partial charge in [-0.25, -0.2) is 0 Å². The summed E-state index contributed by atoms with van der Waals surface area (Å²) in [6, 6.07) is 10.2. The summed E-state index contributed by atoms with van der Waals surface area (Å²) in [5.74, 6) is -0.186. The lowest BCUT2D eigenvalue weighted by molar-refractivity contribution is -0.125. The average Bonchev–Trinajstić information content (AvgIpc) is 3.30. The summed E-state index contributed by atoms with van der Waals surface area (Å²) in [6.07, 6.45) is 2.88. The monoisotopic (exact) mass is 328 g/mol. The molecule has 1 aromatic carbocycles. The molecule has 1 fully saturated rings. The molecule has 1 aromatic heterocycles. The van der Waals surface area contributed by atoms with Crippen LogP contribution in [-0.4, -0.2) is 34.4 Å². The molecular formula is C18H20N2O4. The average molecular weight is 328 g/mol. The van der Waals surface area contributed by atoms with E-state index in [1.807, 2.05) is 24.3 Å². The van der Waals surface area contributed by atoms with Crippen LogP contribution in [-0.2, 0) is 17.9 Å². The predicted molar refractivity (Wildman–Crippen MR) is 87.0 cm³/mol. The Morgan fingerprint density at radius 2 is 2.00 bits per heavy atom. The van der Waals surface area contributed by atoms with E-state index in [4.69, 9.17) is 4.42 Å². The van der Waals surface area contributed by atoms with Gasteiger partial charge in [-0.2, -0.15) is 0 Å². The minimum absolute atomic E-state index is 0.0709. The number of amides is 2. The van der Waals surface area contributed by atoms with Crippen molar-refractivity contribution in [2.75, 3.05) is 6.54 Å². The zero-order valence-corrected chi connectivity index (χ0v) is 13.3. The van der Waals surface area contributed by atoms with Crippen LogP contribution in [0.5, 0.6) is 0 Å². The van der Waals surface area contributed by atoms with Gasteiger partial charge in [0.2, 0.25) is 5.91 Å². The molecule has 24 heavy (non-hydrogen) atoms. The van der Waals surface area contributed by atoms with Crippen molar-refractivity contribution in [2.45, 2.75) is 32.0 Å². The van der Waals surface area contributed by atoms with E-state index < -0.39 is 6.04 Å². The first-order valence-electron chi connectivity index (χ1n) is 8.00. The number of carbonyl (C=O) groups is 2. The Bertz CT molecular complexity index is 712. The Morgan fingerprint density at radius 1 is 1.21 bits per heavy atom. The van der Waals surface area contributed by atoms with Crippen molar-refractivity contribution in [1.29, 1.82) is 0 Å². The molecule has 3 rings (SSSR count). The number of nitrogens with zero attached hydrogens (tertiary/aromatic N) is 1. The fourth-order valence-corrected chi connectivity index (χ4v) is 3.01. The molecule has 0 spiro atoms. The molecule has 1 saturated heterocycles. The van der Waals surface area contributed by atoms with E-state index in [-0.39, 0.29) is 24.2 Å². The van der Waals surface area contributed by atoms with Gasteiger partial charge in [0, 0.05) is 13.1 Å². The first-order valence-corrected chi connectivity index (χ1v) is 8.00. The van der Waals surface area contributed by atoms with Crippen molar-refractivity contribution in [3.05, 3.63) is 59.5 Å². The maximum atomic E-state index is 12.5. The van der Waals surface area contributed by atoms with Crippen LogP contribution >= 0.6 is 0 Å². The van der Waals surface area contributed by atoms with Crippen LogP contribution in [0, 0.1) is 0 Å². The molecule has 0 bridgehead atoms. The number of benzene rings is 1. The Labute approximate surface area is 140 Å². The van der Waals surface area contributed by atoms with Gasteiger partial charge in [0.05, 0.1) is 12.9 Å². The maximum Gasteiger partial charge on any atom is 0.290 e. The predicted octanol–water partition coefficient (Wildman–Crippen LogP) is 1.69. The van der Waals surface area contributed by atoms with E-state index >= 15 is 0 Å². The lowest BCUT2D eigenvalue weighted by Gasteiger charge is -2.23. The number of furan rings is 1. The van der Waals surface area contributed by atoms with E-state index in [9.17, 15) is 14.7 Å². The molecule has 0 saturated carbocycles. The molecule has 2 heterocycles. The molecule has 1 aliphatic heterocycles. The number of carbonyl (C=O) groups excluding carboxylic acids is 2. The molecule has 126 valence electrons. The number of likely N-dealkylation sites (tertiary alicyclic amines) is 1. The minimum atomic E-state index is -0.483. The van der Waals surface area contributed by atoms with Gasteiger partial charge in [-0.05, 0) is 36.1 Å². The highest BCUT2D eigenvalue weighted by Gasteiger charge is 2.35. The molecule has 2 aromatic rings. The van der Waals surface area contributed by atoms with Gasteiger partial charge in [-0.15, -0.1) is 0 Å². The van der Waals surface area contributed by atoms with Crippen molar-refractivity contribution in [3.63, 3.8) is 0 Å². The highest BCUT2D eigenvalue weighted by Crippen LogP contribution is 2.21. The van der Waals surface area contributed by atoms with Crippen LogP contribution in [0.3, 0.4) is 0 Å². The first-order chi connectivity index (χ1) is 11.7. The molecule has 6 nitrogen and oxygen atoms in total. The number of aliphatic hydroxyl groups is 1. The van der Waals surface area contributed by atoms with Crippen LogP contribution in [0.2, 0.25) is 0 Å². The third kappa shape index (κ3) is 3.33. The lowest BCUT2D eigenvalue weighted by atomic mass is 10.1. The molecule has 0 radical (unpaired) electrons. The number of hydrogen-bond donors (Lipinski definition) is 2. The Hall–Kier alpha value is -2.60. The molecule has 2 N–H and O–H groups in total. The number of hydrogen-bond acceptors (Lipinski definition) is 4. The van der Waals surface area contributed by atoms with Gasteiger partial charge in [0.25, 0.3) is 5.91 Å². The summed E-state index contributed by atoms with van der Waals surface area (Å²) in [5.41, 5.74) is 1.66. The van der Waals surface area contributed by atoms with Gasteiger partial charge in [0.15, 0.2) is 5.76 Å². The number of aliphatic hydroxyl groups excluding tert-OH is 1. The van der Waals surface area contributed by atoms with E-state index in [1.165, 1.54) is 6.26 Å². The smallest absolute Gasteiger partial charge is 0.290 e. The van der Waals surface area contributed by atoms with Crippen molar-refractivity contribution in [2.24, 2.45) is 0 Å². The highest BCUT2D eigenvalue weighted by atomic mass is 16.3. The van der Waals surface area contributed by atoms with E-state index in [1.54, 1.807) is 17.0 Å². The third-order valence-electron chi connectivity index (χ3n) is 4.29. The summed E-state index contributed by atoms with van der Waals surface area (Å²) >= 11 is 0. The van der Waals surface area contributed by atoms with E-state index in [2.05, 4.69) is 5.32 Å². The molecule has 6 heteroatoms. The van der Waals surface area contributed by atoms with Gasteiger partial charge in [0.1, 0.15) is 6.04 Å². The van der Waals surface area contributed by atoms with Crippen molar-refractivity contribution in [3.8, 4) is 0 Å². The largest absolute Gasteiger partial charge is 0.459 e. The quantitative estimate of drug-likeness (QED) is 0.875. The summed E-state index contributed by atoms with van der Waals surface area (Å²) in [4.78, 5) is 26.5. The SMILES string of the molecule is O=C(NCc1ccccc1CO)C1CCCN1C(=O)c1ccco1. The molecule has 0 aliphatic carbocycles. The second kappa shape index (κ2) is 7.31. The first kappa shape index (κ1) is 16.3. The second-order valence-electron chi connectivity index (χ2n) is 5.78. The topological polar surface area (TPSA) is 82.8 Å². The van der Waals surface area contributed by atoms with Crippen LogP contribution in [0.15, 0.2) is 47.1 Å². The Morgan fingerprint density at radius 3 is 2.71 bits per heavy atom. The standard InChI is InChI=1S/C18H20N2O4/c21-12-14-6-2-1-5-13(14)11-19-17(22)15-7-3-9-20(15)18(23)16-8-4-10-24-16/h1-2,4-6,8,10,15,21H,3,7,9,11-12H2,(H,19,22). The Balaban J connectivity index is 1.64. The van der Waals surface area contributed by atoms with Gasteiger partial charge >= 0.3 is 0 Å². The second-order valence-corrected chi connectivity index (χ2v) is 5.78. The van der Waals surface area contributed by atoms with Crippen LogP contribution in [0.25, 0.3) is 0 Å². The van der Waals surface area contributed by atoms with Crippen molar-refractivity contribution >= 4 is 11.8 Å². The number of rotatable bonds is 5. The molecule has 1 atom stereocenters. The van der Waals surface area contributed by atoms with Crippen LogP contribution in [0.1, 0.15) is 34.5 Å². The fraction of sp³-hybridized carbons (Fsp3) is 0.333. The van der Waals surface area contributed by atoms with Crippen molar-refractivity contribution in [1.82, 2.24) is 10.2 Å². The van der Waals surface area contributed by atoms with Gasteiger partial charge in [-0.3, -0.25) is 9.59 Å². The summed E-state index contributed by atoms with van der Waals surface area (Å²) in [6.45, 7) is 0.804. The summed E-state index contributed by atoms with van der Waals surface area (Å²) < 4.78 is 5.14. The highest BCUT2D eigenvalue weighted by molar-refractivity contribution is 5.95. The molecule has 1 unspecified atom stereocenters. The number of nitrogens with one attached hydrogen (secondary N) is 1. The molecule has 2 amide bonds. The van der Waals surface area contributed by atoms with Gasteiger partial charge < -0.3 is 19.7 Å². The van der Waals surface area contributed by atoms with E-state index in [0.29, 0.717) is 19.5 Å². The molecule has 1 aliphatic rings. The fourth-order valence-electron chi connectivity index (χ4n) is 3.01. The minimum Gasteiger partial charge on any atom is -0.459 e. The Kier molecular flexibility index (Phi) is 4.96. The van der Waals surface area contributed by atoms with Gasteiger partial charge in [-0.1, -0.05) is 24.3 Å². The van der Waals surface area contributed by atoms with Crippen LogP contribution in [0.4, 0.5) is 0 Å². The summed E-state index contributed by atoms with van der Waals surface area (Å²) in [7, 11) is 0. The van der Waals surface area contributed by atoms with Crippen LogP contribution < -0.4 is 5.32 Å². The normalized spacial score (nSPS) is 17.0. The van der Waals surface area contributed by atoms with Crippen molar-refractivity contribution < 1.29 is 19.1 Å². The van der Waals surface area contributed by atoms with E-state index in [0.717, 1.165) is 17.5 Å². The zero-order chi connectivity index (χ0) is 16.9. The zero-order valence-electron chi connectivity index (χ0n) is 13.3. The summed E-state index contributed by atoms with van der Waals surface area (Å²) in [5, 5.41) is 12.2. The lowest BCUT2D eigenvalue weighted by Crippen LogP contribution is -2.45. The molecular weight excluding hydrogens is 308 g/mol. The maximum absolute atomic E-state index is 12.5.